The molecule has 126 valence electrons. The minimum atomic E-state index is -0.355. The highest BCUT2D eigenvalue weighted by Gasteiger charge is 2.32. The van der Waals surface area contributed by atoms with Crippen LogP contribution in [-0.4, -0.2) is 37.9 Å². The van der Waals surface area contributed by atoms with Crippen LogP contribution in [0.15, 0.2) is 54.6 Å². The highest BCUT2D eigenvalue weighted by atomic mass is 16.7. The number of carbonyl (C=O) groups excluding carboxylic acids is 1. The summed E-state index contributed by atoms with van der Waals surface area (Å²) in [7, 11) is 3.49. The van der Waals surface area contributed by atoms with Gasteiger partial charge in [-0.15, -0.1) is 0 Å². The molecule has 1 heterocycles. The number of ether oxygens (including phenoxy) is 2. The zero-order valence-electron chi connectivity index (χ0n) is 13.8. The summed E-state index contributed by atoms with van der Waals surface area (Å²) in [6.45, 7) is 0.235. The van der Waals surface area contributed by atoms with Crippen molar-refractivity contribution in [2.75, 3.05) is 20.8 Å². The molecule has 3 rings (SSSR count). The molecule has 1 fully saturated rings. The highest BCUT2D eigenvalue weighted by Crippen LogP contribution is 2.32. The van der Waals surface area contributed by atoms with Crippen molar-refractivity contribution in [1.29, 1.82) is 0 Å². The van der Waals surface area contributed by atoms with E-state index in [4.69, 9.17) is 14.3 Å². The molecule has 24 heavy (non-hydrogen) atoms. The zero-order valence-corrected chi connectivity index (χ0v) is 13.8. The van der Waals surface area contributed by atoms with Crippen molar-refractivity contribution >= 4 is 5.97 Å². The van der Waals surface area contributed by atoms with Crippen molar-refractivity contribution in [3.8, 4) is 5.75 Å². The molecule has 1 aliphatic heterocycles. The van der Waals surface area contributed by atoms with Crippen LogP contribution < -0.4 is 4.74 Å². The Morgan fingerprint density at radius 2 is 1.88 bits per heavy atom. The van der Waals surface area contributed by atoms with Gasteiger partial charge in [0.05, 0.1) is 18.7 Å². The summed E-state index contributed by atoms with van der Waals surface area (Å²) in [5.74, 6) is 0.352. The largest absolute Gasteiger partial charge is 0.497 e. The molecule has 5 nitrogen and oxygen atoms in total. The number of benzene rings is 2. The van der Waals surface area contributed by atoms with E-state index in [0.717, 1.165) is 6.42 Å². The van der Waals surface area contributed by atoms with E-state index in [-0.39, 0.29) is 24.7 Å². The second-order valence-electron chi connectivity index (χ2n) is 5.76. The van der Waals surface area contributed by atoms with Crippen LogP contribution in [0.5, 0.6) is 5.75 Å². The lowest BCUT2D eigenvalue weighted by atomic mass is 10.0. The molecule has 2 aromatic carbocycles. The Hall–Kier alpha value is -2.37. The van der Waals surface area contributed by atoms with Crippen LogP contribution in [0.3, 0.4) is 0 Å². The number of hydrogen-bond donors (Lipinski definition) is 0. The average Bonchev–Trinajstić information content (AvgIpc) is 3.01. The van der Waals surface area contributed by atoms with Gasteiger partial charge in [0.1, 0.15) is 18.5 Å². The summed E-state index contributed by atoms with van der Waals surface area (Å²) in [6.07, 6.45) is 0.651. The molecule has 5 heteroatoms. The SMILES string of the molecule is COc1ccc(C(=O)OC[C@H]2C[C@@H](c3ccccc3)N(C)O2)cc1. The van der Waals surface area contributed by atoms with Crippen LogP contribution in [0.25, 0.3) is 0 Å². The second-order valence-corrected chi connectivity index (χ2v) is 5.76. The first-order chi connectivity index (χ1) is 11.7. The van der Waals surface area contributed by atoms with Crippen molar-refractivity contribution in [3.05, 3.63) is 65.7 Å². The van der Waals surface area contributed by atoms with Gasteiger partial charge in [-0.1, -0.05) is 30.3 Å². The maximum absolute atomic E-state index is 12.1. The number of hydrogen-bond acceptors (Lipinski definition) is 5. The average molecular weight is 327 g/mol. The molecule has 0 aromatic heterocycles. The van der Waals surface area contributed by atoms with E-state index >= 15 is 0 Å². The van der Waals surface area contributed by atoms with Crippen molar-refractivity contribution in [2.24, 2.45) is 0 Å². The lowest BCUT2D eigenvalue weighted by Gasteiger charge is -2.17. The topological polar surface area (TPSA) is 48.0 Å². The van der Waals surface area contributed by atoms with Crippen LogP contribution in [0.1, 0.15) is 28.4 Å². The lowest BCUT2D eigenvalue weighted by molar-refractivity contribution is -0.153. The lowest BCUT2D eigenvalue weighted by Crippen LogP contribution is -2.20. The standard InChI is InChI=1S/C19H21NO4/c1-20-18(14-6-4-3-5-7-14)12-17(24-20)13-23-19(21)15-8-10-16(22-2)11-9-15/h3-11,17-18H,12-13H2,1-2H3/t17-,18+/m1/s1. The van der Waals surface area contributed by atoms with Crippen molar-refractivity contribution in [3.63, 3.8) is 0 Å². The van der Waals surface area contributed by atoms with Crippen molar-refractivity contribution < 1.29 is 19.1 Å². The van der Waals surface area contributed by atoms with Crippen molar-refractivity contribution in [1.82, 2.24) is 5.06 Å². The van der Waals surface area contributed by atoms with Crippen LogP contribution in [0, 0.1) is 0 Å². The van der Waals surface area contributed by atoms with Crippen LogP contribution in [-0.2, 0) is 9.57 Å². The summed E-state index contributed by atoms with van der Waals surface area (Å²) < 4.78 is 10.5. The van der Waals surface area contributed by atoms with Gasteiger partial charge in [0.25, 0.3) is 0 Å². The molecule has 2 atom stereocenters. The predicted octanol–water partition coefficient (Wildman–Crippen LogP) is 3.23. The summed E-state index contributed by atoms with van der Waals surface area (Å²) in [5, 5.41) is 1.83. The number of carbonyl (C=O) groups is 1. The Morgan fingerprint density at radius 1 is 1.17 bits per heavy atom. The van der Waals surface area contributed by atoms with E-state index in [1.54, 1.807) is 31.4 Å². The van der Waals surface area contributed by atoms with Crippen LogP contribution >= 0.6 is 0 Å². The molecule has 2 aromatic rings. The predicted molar refractivity (Wildman–Crippen MR) is 89.7 cm³/mol. The van der Waals surface area contributed by atoms with Gasteiger partial charge >= 0.3 is 5.97 Å². The van der Waals surface area contributed by atoms with Gasteiger partial charge in [-0.3, -0.25) is 4.84 Å². The fourth-order valence-electron chi connectivity index (χ4n) is 2.85. The molecule has 1 saturated heterocycles. The highest BCUT2D eigenvalue weighted by molar-refractivity contribution is 5.89. The monoisotopic (exact) mass is 327 g/mol. The quantitative estimate of drug-likeness (QED) is 0.789. The number of nitrogens with zero attached hydrogens (tertiary/aromatic N) is 1. The van der Waals surface area contributed by atoms with E-state index in [2.05, 4.69) is 12.1 Å². The number of rotatable bonds is 5. The minimum Gasteiger partial charge on any atom is -0.497 e. The summed E-state index contributed by atoms with van der Waals surface area (Å²) >= 11 is 0. The maximum Gasteiger partial charge on any atom is 0.338 e. The smallest absolute Gasteiger partial charge is 0.338 e. The zero-order chi connectivity index (χ0) is 16.9. The first kappa shape index (κ1) is 16.5. The minimum absolute atomic E-state index is 0.137. The van der Waals surface area contributed by atoms with Gasteiger partial charge in [-0.25, -0.2) is 4.79 Å². The molecule has 0 saturated carbocycles. The Morgan fingerprint density at radius 3 is 2.54 bits per heavy atom. The molecule has 0 unspecified atom stereocenters. The normalized spacial score (nSPS) is 20.8. The Balaban J connectivity index is 1.54. The number of methoxy groups -OCH3 is 1. The molecule has 0 spiro atoms. The molecule has 0 N–H and O–H groups in total. The third kappa shape index (κ3) is 3.75. The Labute approximate surface area is 141 Å². The fourth-order valence-corrected chi connectivity index (χ4v) is 2.85. The third-order valence-electron chi connectivity index (χ3n) is 4.15. The van der Waals surface area contributed by atoms with Gasteiger partial charge in [0.15, 0.2) is 0 Å². The Kier molecular flexibility index (Phi) is 5.13. The molecular weight excluding hydrogens is 306 g/mol. The van der Waals surface area contributed by atoms with Gasteiger partial charge in [0, 0.05) is 13.5 Å². The number of hydroxylamine groups is 2. The molecule has 0 radical (unpaired) electrons. The van der Waals surface area contributed by atoms with E-state index in [1.165, 1.54) is 5.56 Å². The number of esters is 1. The van der Waals surface area contributed by atoms with Gasteiger partial charge in [0.2, 0.25) is 0 Å². The van der Waals surface area contributed by atoms with Crippen molar-refractivity contribution in [2.45, 2.75) is 18.6 Å². The fraction of sp³-hybridized carbons (Fsp3) is 0.316. The first-order valence-corrected chi connectivity index (χ1v) is 7.93. The molecule has 0 bridgehead atoms. The molecule has 0 aliphatic carbocycles. The third-order valence-corrected chi connectivity index (χ3v) is 4.15. The second kappa shape index (κ2) is 7.47. The summed E-state index contributed by atoms with van der Waals surface area (Å²) in [6, 6.07) is 17.2. The van der Waals surface area contributed by atoms with Crippen LogP contribution in [0.2, 0.25) is 0 Å². The molecule has 1 aliphatic rings. The van der Waals surface area contributed by atoms with Gasteiger partial charge in [-0.2, -0.15) is 5.06 Å². The summed E-state index contributed by atoms with van der Waals surface area (Å²) in [4.78, 5) is 17.9. The van der Waals surface area contributed by atoms with E-state index in [9.17, 15) is 4.79 Å². The van der Waals surface area contributed by atoms with E-state index in [1.807, 2.05) is 30.3 Å². The first-order valence-electron chi connectivity index (χ1n) is 7.93. The van der Waals surface area contributed by atoms with Gasteiger partial charge < -0.3 is 9.47 Å². The Bertz CT molecular complexity index is 672. The summed E-state index contributed by atoms with van der Waals surface area (Å²) in [5.41, 5.74) is 1.70. The van der Waals surface area contributed by atoms with E-state index < -0.39 is 0 Å². The van der Waals surface area contributed by atoms with Crippen LogP contribution in [0.4, 0.5) is 0 Å². The van der Waals surface area contributed by atoms with Gasteiger partial charge in [-0.05, 0) is 29.8 Å². The molecule has 0 amide bonds. The molecular formula is C19H21NO4. The van der Waals surface area contributed by atoms with E-state index in [0.29, 0.717) is 11.3 Å². The maximum atomic E-state index is 12.1.